The molecule has 1 unspecified atom stereocenters. The predicted molar refractivity (Wildman–Crippen MR) is 92.4 cm³/mol. The van der Waals surface area contributed by atoms with Gasteiger partial charge in [-0.05, 0) is 12.8 Å². The number of hydrogen-bond acceptors (Lipinski definition) is 6. The first-order valence-electron chi connectivity index (χ1n) is 9.26. The molecule has 0 bridgehead atoms. The van der Waals surface area contributed by atoms with Crippen LogP contribution < -0.4 is 0 Å². The van der Waals surface area contributed by atoms with Crippen LogP contribution in [0.2, 0.25) is 0 Å². The van der Waals surface area contributed by atoms with Crippen molar-refractivity contribution in [3.8, 4) is 11.4 Å². The number of rotatable bonds is 4. The number of fused-ring (bicyclic) bond motifs is 5. The van der Waals surface area contributed by atoms with Gasteiger partial charge in [0.1, 0.15) is 12.0 Å². The molecule has 26 heavy (non-hydrogen) atoms. The second-order valence-corrected chi connectivity index (χ2v) is 7.04. The van der Waals surface area contributed by atoms with Gasteiger partial charge in [0, 0.05) is 43.2 Å². The van der Waals surface area contributed by atoms with Crippen LogP contribution in [0.15, 0.2) is 10.8 Å². The van der Waals surface area contributed by atoms with Gasteiger partial charge in [-0.1, -0.05) is 18.5 Å². The van der Waals surface area contributed by atoms with Crippen LogP contribution >= 0.6 is 0 Å². The van der Waals surface area contributed by atoms with E-state index in [1.807, 2.05) is 4.68 Å². The van der Waals surface area contributed by atoms with E-state index < -0.39 is 0 Å². The molecule has 0 fully saturated rings. The zero-order valence-corrected chi connectivity index (χ0v) is 15.0. The maximum absolute atomic E-state index is 12.3. The van der Waals surface area contributed by atoms with Crippen molar-refractivity contribution in [1.29, 1.82) is 0 Å². The first kappa shape index (κ1) is 17.1. The number of aliphatic hydroxyl groups excluding tert-OH is 1. The molecule has 1 atom stereocenters. The molecule has 1 amide bonds. The van der Waals surface area contributed by atoms with Crippen molar-refractivity contribution in [2.24, 2.45) is 5.92 Å². The molecule has 2 aliphatic heterocycles. The molecule has 0 saturated carbocycles. The van der Waals surface area contributed by atoms with Crippen LogP contribution in [-0.2, 0) is 30.7 Å². The van der Waals surface area contributed by atoms with Crippen molar-refractivity contribution in [3.63, 3.8) is 0 Å². The fourth-order valence-electron chi connectivity index (χ4n) is 3.71. The molecule has 0 aliphatic carbocycles. The third-order valence-electron chi connectivity index (χ3n) is 5.15. The summed E-state index contributed by atoms with van der Waals surface area (Å²) in [5.41, 5.74) is 4.66. The smallest absolute Gasteiger partial charge is 0.410 e. The van der Waals surface area contributed by atoms with Crippen molar-refractivity contribution >= 4 is 6.09 Å². The summed E-state index contributed by atoms with van der Waals surface area (Å²) in [5.74, 6) is 0.0749. The molecule has 2 aliphatic rings. The standard InChI is InChI=1S/C18H24N4O4/c1-2-3-6-25-18(24)21-5-4-15-14(9-21)17-16-13(11-26-20-16)7-12(10-23)8-22(17)19-15/h11-12,23H,2-10H2,1H3. The summed E-state index contributed by atoms with van der Waals surface area (Å²) in [4.78, 5) is 14.1. The van der Waals surface area contributed by atoms with Gasteiger partial charge in [-0.25, -0.2) is 4.79 Å². The monoisotopic (exact) mass is 360 g/mol. The van der Waals surface area contributed by atoms with Crippen LogP contribution in [0.4, 0.5) is 4.79 Å². The summed E-state index contributed by atoms with van der Waals surface area (Å²) in [7, 11) is 0. The largest absolute Gasteiger partial charge is 0.449 e. The Morgan fingerprint density at radius 2 is 2.38 bits per heavy atom. The number of ether oxygens (including phenoxy) is 1. The molecule has 0 aromatic carbocycles. The van der Waals surface area contributed by atoms with Gasteiger partial charge >= 0.3 is 6.09 Å². The summed E-state index contributed by atoms with van der Waals surface area (Å²) < 4.78 is 12.5. The Morgan fingerprint density at radius 1 is 1.50 bits per heavy atom. The molecule has 0 saturated heterocycles. The lowest BCUT2D eigenvalue weighted by atomic mass is 9.99. The average Bonchev–Trinajstić information content (AvgIpc) is 3.20. The molecule has 8 heteroatoms. The summed E-state index contributed by atoms with van der Waals surface area (Å²) >= 11 is 0. The Balaban J connectivity index is 1.63. The number of carbonyl (C=O) groups is 1. The van der Waals surface area contributed by atoms with E-state index in [-0.39, 0.29) is 18.6 Å². The van der Waals surface area contributed by atoms with E-state index in [9.17, 15) is 9.90 Å². The maximum Gasteiger partial charge on any atom is 0.410 e. The second-order valence-electron chi connectivity index (χ2n) is 7.04. The molecule has 2 aromatic rings. The SMILES string of the molecule is CCCCOC(=O)N1CCc2nn3c(c2C1)-c1nocc1CC(CO)C3. The van der Waals surface area contributed by atoms with Crippen LogP contribution in [0, 0.1) is 5.92 Å². The van der Waals surface area contributed by atoms with Crippen molar-refractivity contribution in [2.45, 2.75) is 45.7 Å². The number of unbranched alkanes of at least 4 members (excludes halogenated alkanes) is 1. The lowest BCUT2D eigenvalue weighted by Gasteiger charge is -2.26. The molecule has 8 nitrogen and oxygen atoms in total. The van der Waals surface area contributed by atoms with E-state index in [1.165, 1.54) is 0 Å². The van der Waals surface area contributed by atoms with Gasteiger partial charge < -0.3 is 19.3 Å². The number of aromatic nitrogens is 3. The van der Waals surface area contributed by atoms with Gasteiger partial charge in [0.05, 0.1) is 24.5 Å². The zero-order chi connectivity index (χ0) is 18.1. The normalized spacial score (nSPS) is 18.7. The topological polar surface area (TPSA) is 93.6 Å². The number of hydrogen-bond donors (Lipinski definition) is 1. The van der Waals surface area contributed by atoms with Crippen molar-refractivity contribution in [1.82, 2.24) is 19.8 Å². The van der Waals surface area contributed by atoms with Crippen LogP contribution in [0.3, 0.4) is 0 Å². The van der Waals surface area contributed by atoms with E-state index >= 15 is 0 Å². The third-order valence-corrected chi connectivity index (χ3v) is 5.15. The lowest BCUT2D eigenvalue weighted by Crippen LogP contribution is -2.36. The van der Waals surface area contributed by atoms with Gasteiger partial charge in [-0.2, -0.15) is 5.10 Å². The van der Waals surface area contributed by atoms with E-state index in [2.05, 4.69) is 12.1 Å². The molecule has 0 radical (unpaired) electrons. The summed E-state index contributed by atoms with van der Waals surface area (Å²) in [6.07, 6.45) is 4.64. The average molecular weight is 360 g/mol. The Morgan fingerprint density at radius 3 is 3.19 bits per heavy atom. The maximum atomic E-state index is 12.3. The Kier molecular flexibility index (Phi) is 4.67. The third kappa shape index (κ3) is 2.98. The number of aliphatic hydroxyl groups is 1. The Hall–Kier alpha value is -2.35. The number of amides is 1. The highest BCUT2D eigenvalue weighted by molar-refractivity contribution is 5.70. The summed E-state index contributed by atoms with van der Waals surface area (Å²) in [5, 5.41) is 18.6. The minimum absolute atomic E-state index is 0.0749. The molecule has 2 aromatic heterocycles. The molecular formula is C18H24N4O4. The van der Waals surface area contributed by atoms with Gasteiger partial charge in [0.25, 0.3) is 0 Å². The fourth-order valence-corrected chi connectivity index (χ4v) is 3.71. The summed E-state index contributed by atoms with van der Waals surface area (Å²) in [6.45, 7) is 4.31. The van der Waals surface area contributed by atoms with E-state index in [1.54, 1.807) is 11.2 Å². The first-order chi connectivity index (χ1) is 12.7. The molecule has 4 heterocycles. The van der Waals surface area contributed by atoms with Gasteiger partial charge in [0.15, 0.2) is 0 Å². The fraction of sp³-hybridized carbons (Fsp3) is 0.611. The van der Waals surface area contributed by atoms with Crippen molar-refractivity contribution in [3.05, 3.63) is 23.1 Å². The number of nitrogens with zero attached hydrogens (tertiary/aromatic N) is 4. The Bertz CT molecular complexity index is 797. The quantitative estimate of drug-likeness (QED) is 0.838. The molecule has 140 valence electrons. The predicted octanol–water partition coefficient (Wildman–Crippen LogP) is 2.00. The highest BCUT2D eigenvalue weighted by Gasteiger charge is 2.33. The van der Waals surface area contributed by atoms with E-state index in [0.29, 0.717) is 39.1 Å². The highest BCUT2D eigenvalue weighted by atomic mass is 16.6. The van der Waals surface area contributed by atoms with Crippen LogP contribution in [0.25, 0.3) is 11.4 Å². The van der Waals surface area contributed by atoms with E-state index in [4.69, 9.17) is 14.4 Å². The second kappa shape index (κ2) is 7.11. The minimum atomic E-state index is -0.272. The van der Waals surface area contributed by atoms with Gasteiger partial charge in [-0.3, -0.25) is 4.68 Å². The molecular weight excluding hydrogens is 336 g/mol. The van der Waals surface area contributed by atoms with Crippen LogP contribution in [0.1, 0.15) is 36.6 Å². The molecule has 4 rings (SSSR count). The first-order valence-corrected chi connectivity index (χ1v) is 9.26. The highest BCUT2D eigenvalue weighted by Crippen LogP contribution is 2.35. The van der Waals surface area contributed by atoms with Gasteiger partial charge in [-0.15, -0.1) is 0 Å². The zero-order valence-electron chi connectivity index (χ0n) is 15.0. The molecule has 1 N–H and O–H groups in total. The Labute approximate surface area is 151 Å². The summed E-state index contributed by atoms with van der Waals surface area (Å²) in [6, 6.07) is 0. The van der Waals surface area contributed by atoms with Crippen molar-refractivity contribution < 1.29 is 19.2 Å². The van der Waals surface area contributed by atoms with Crippen molar-refractivity contribution in [2.75, 3.05) is 19.8 Å². The lowest BCUT2D eigenvalue weighted by molar-refractivity contribution is 0.0966. The van der Waals surface area contributed by atoms with Crippen LogP contribution in [0.5, 0.6) is 0 Å². The minimum Gasteiger partial charge on any atom is -0.449 e. The van der Waals surface area contributed by atoms with E-state index in [0.717, 1.165) is 41.1 Å². The van der Waals surface area contributed by atoms with Gasteiger partial charge in [0.2, 0.25) is 0 Å². The van der Waals surface area contributed by atoms with Crippen LogP contribution in [-0.4, -0.2) is 50.8 Å². The number of carbonyl (C=O) groups excluding carboxylic acids is 1. The molecule has 0 spiro atoms.